The lowest BCUT2D eigenvalue weighted by Gasteiger charge is -2.04. The van der Waals surface area contributed by atoms with Crippen molar-refractivity contribution >= 4 is 5.78 Å². The van der Waals surface area contributed by atoms with Gasteiger partial charge >= 0.3 is 0 Å². The summed E-state index contributed by atoms with van der Waals surface area (Å²) in [5.74, 6) is 0.00128. The number of ether oxygens (including phenoxy) is 3. The summed E-state index contributed by atoms with van der Waals surface area (Å²) in [6, 6.07) is 0. The van der Waals surface area contributed by atoms with E-state index in [4.69, 9.17) is 19.7 Å². The minimum absolute atomic E-state index is 0.00128. The minimum Gasteiger partial charge on any atom is -0.379 e. The Labute approximate surface area is 94.3 Å². The highest BCUT2D eigenvalue weighted by atomic mass is 16.5. The van der Waals surface area contributed by atoms with Gasteiger partial charge in [-0.05, 0) is 12.5 Å². The van der Waals surface area contributed by atoms with Gasteiger partial charge in [-0.1, -0.05) is 5.11 Å². The first-order chi connectivity index (χ1) is 7.77. The van der Waals surface area contributed by atoms with Crippen LogP contribution in [-0.2, 0) is 19.0 Å². The summed E-state index contributed by atoms with van der Waals surface area (Å²) in [4.78, 5) is 13.1. The van der Waals surface area contributed by atoms with Gasteiger partial charge in [-0.2, -0.15) is 0 Å². The fourth-order valence-electron chi connectivity index (χ4n) is 0.806. The Morgan fingerprint density at radius 1 is 1.12 bits per heavy atom. The summed E-state index contributed by atoms with van der Waals surface area (Å²) in [5.41, 5.74) is 7.97. The molecule has 0 fully saturated rings. The second-order valence-electron chi connectivity index (χ2n) is 2.93. The van der Waals surface area contributed by atoms with Gasteiger partial charge in [-0.3, -0.25) is 4.79 Å². The van der Waals surface area contributed by atoms with Gasteiger partial charge in [0.1, 0.15) is 6.61 Å². The first-order valence-corrected chi connectivity index (χ1v) is 5.01. The molecule has 7 nitrogen and oxygen atoms in total. The molecule has 0 amide bonds. The zero-order valence-electron chi connectivity index (χ0n) is 9.42. The van der Waals surface area contributed by atoms with E-state index in [0.29, 0.717) is 39.6 Å². The zero-order chi connectivity index (χ0) is 12.1. The Bertz CT molecular complexity index is 219. The molecular formula is C9H17N3O4. The van der Waals surface area contributed by atoms with Gasteiger partial charge in [0, 0.05) is 11.5 Å². The van der Waals surface area contributed by atoms with E-state index in [1.807, 2.05) is 0 Å². The molecule has 0 N–H and O–H groups in total. The van der Waals surface area contributed by atoms with Gasteiger partial charge in [0.2, 0.25) is 0 Å². The number of Topliss-reactive ketones (excluding diaryl/α,β-unsaturated/α-hetero) is 1. The molecule has 0 heterocycles. The predicted molar refractivity (Wildman–Crippen MR) is 57.2 cm³/mol. The fourth-order valence-corrected chi connectivity index (χ4v) is 0.806. The monoisotopic (exact) mass is 231 g/mol. The molecule has 0 aromatic heterocycles. The standard InChI is InChI=1S/C9H17N3O4/c1-9(13)8-16-7-6-15-5-4-14-3-2-11-12-10/h2-8H2,1H3. The van der Waals surface area contributed by atoms with E-state index in [0.717, 1.165) is 0 Å². The molecule has 0 unspecified atom stereocenters. The largest absolute Gasteiger partial charge is 0.379 e. The van der Waals surface area contributed by atoms with Crippen molar-refractivity contribution in [2.45, 2.75) is 6.92 Å². The summed E-state index contributed by atoms with van der Waals surface area (Å²) < 4.78 is 15.2. The summed E-state index contributed by atoms with van der Waals surface area (Å²) in [7, 11) is 0. The average Bonchev–Trinajstić information content (AvgIpc) is 2.25. The summed E-state index contributed by atoms with van der Waals surface area (Å²) in [6.45, 7) is 4.08. The van der Waals surface area contributed by atoms with Crippen LogP contribution < -0.4 is 0 Å². The van der Waals surface area contributed by atoms with Crippen LogP contribution in [0.3, 0.4) is 0 Å². The molecule has 0 bridgehead atoms. The number of ketones is 1. The average molecular weight is 231 g/mol. The number of carbonyl (C=O) groups is 1. The van der Waals surface area contributed by atoms with Crippen molar-refractivity contribution in [3.8, 4) is 0 Å². The van der Waals surface area contributed by atoms with Crippen LogP contribution in [0.25, 0.3) is 10.4 Å². The summed E-state index contributed by atoms with van der Waals surface area (Å²) in [5, 5.41) is 3.31. The molecule has 7 heteroatoms. The quantitative estimate of drug-likeness (QED) is 0.229. The van der Waals surface area contributed by atoms with Crippen LogP contribution in [0.1, 0.15) is 6.92 Å². The maximum Gasteiger partial charge on any atom is 0.155 e. The van der Waals surface area contributed by atoms with Crippen molar-refractivity contribution in [3.63, 3.8) is 0 Å². The Morgan fingerprint density at radius 2 is 1.69 bits per heavy atom. The molecule has 0 aromatic rings. The highest BCUT2D eigenvalue weighted by Crippen LogP contribution is 1.82. The Morgan fingerprint density at radius 3 is 2.25 bits per heavy atom. The Hall–Kier alpha value is -1.14. The molecule has 0 atom stereocenters. The number of azide groups is 1. The van der Waals surface area contributed by atoms with Gasteiger partial charge in [0.25, 0.3) is 0 Å². The SMILES string of the molecule is CC(=O)COCCOCCOCCN=[N+]=[N-]. The fraction of sp³-hybridized carbons (Fsp3) is 0.889. The van der Waals surface area contributed by atoms with Crippen molar-refractivity contribution < 1.29 is 19.0 Å². The Balaban J connectivity index is 2.98. The predicted octanol–water partition coefficient (Wildman–Crippen LogP) is 0.935. The van der Waals surface area contributed by atoms with Crippen molar-refractivity contribution in [2.75, 3.05) is 46.2 Å². The molecule has 0 aliphatic heterocycles. The number of carbonyl (C=O) groups excluding carboxylic acids is 1. The van der Waals surface area contributed by atoms with Crippen LogP contribution in [0.4, 0.5) is 0 Å². The lowest BCUT2D eigenvalue weighted by Crippen LogP contribution is -2.12. The van der Waals surface area contributed by atoms with Crippen LogP contribution in [0.2, 0.25) is 0 Å². The van der Waals surface area contributed by atoms with E-state index in [1.165, 1.54) is 6.92 Å². The summed E-state index contributed by atoms with van der Waals surface area (Å²) in [6.07, 6.45) is 0. The van der Waals surface area contributed by atoms with E-state index < -0.39 is 0 Å². The van der Waals surface area contributed by atoms with E-state index in [9.17, 15) is 4.79 Å². The van der Waals surface area contributed by atoms with Gasteiger partial charge in [-0.15, -0.1) is 0 Å². The highest BCUT2D eigenvalue weighted by Gasteiger charge is 1.93. The second kappa shape index (κ2) is 11.9. The number of rotatable bonds is 11. The number of hydrogen-bond acceptors (Lipinski definition) is 5. The van der Waals surface area contributed by atoms with Crippen molar-refractivity contribution in [1.29, 1.82) is 0 Å². The van der Waals surface area contributed by atoms with Crippen LogP contribution in [0, 0.1) is 0 Å². The molecule has 0 aliphatic rings. The molecule has 0 radical (unpaired) electrons. The molecule has 0 aliphatic carbocycles. The third-order valence-electron chi connectivity index (χ3n) is 1.45. The maximum atomic E-state index is 10.5. The van der Waals surface area contributed by atoms with Crippen molar-refractivity contribution in [1.82, 2.24) is 0 Å². The van der Waals surface area contributed by atoms with Gasteiger partial charge < -0.3 is 14.2 Å². The van der Waals surface area contributed by atoms with E-state index >= 15 is 0 Å². The maximum absolute atomic E-state index is 10.5. The van der Waals surface area contributed by atoms with E-state index in [1.54, 1.807) is 0 Å². The van der Waals surface area contributed by atoms with Crippen LogP contribution in [0.15, 0.2) is 5.11 Å². The molecule has 92 valence electrons. The van der Waals surface area contributed by atoms with E-state index in [2.05, 4.69) is 10.0 Å². The van der Waals surface area contributed by atoms with Crippen LogP contribution in [-0.4, -0.2) is 52.0 Å². The minimum atomic E-state index is 0.00128. The van der Waals surface area contributed by atoms with Gasteiger partial charge in [0.05, 0.1) is 33.0 Å². The summed E-state index contributed by atoms with van der Waals surface area (Å²) >= 11 is 0. The lowest BCUT2D eigenvalue weighted by molar-refractivity contribution is -0.122. The molecule has 0 saturated heterocycles. The highest BCUT2D eigenvalue weighted by molar-refractivity contribution is 5.76. The van der Waals surface area contributed by atoms with Gasteiger partial charge in [-0.25, -0.2) is 0 Å². The lowest BCUT2D eigenvalue weighted by atomic mass is 10.5. The van der Waals surface area contributed by atoms with Crippen LogP contribution in [0.5, 0.6) is 0 Å². The molecule has 0 aromatic carbocycles. The molecule has 0 saturated carbocycles. The topological polar surface area (TPSA) is 93.5 Å². The van der Waals surface area contributed by atoms with Crippen LogP contribution >= 0.6 is 0 Å². The second-order valence-corrected chi connectivity index (χ2v) is 2.93. The smallest absolute Gasteiger partial charge is 0.155 e. The third-order valence-corrected chi connectivity index (χ3v) is 1.45. The first kappa shape index (κ1) is 14.9. The number of nitrogens with zero attached hydrogens (tertiary/aromatic N) is 3. The zero-order valence-corrected chi connectivity index (χ0v) is 9.42. The first-order valence-electron chi connectivity index (χ1n) is 5.01. The molecule has 0 rings (SSSR count). The van der Waals surface area contributed by atoms with Gasteiger partial charge in [0.15, 0.2) is 5.78 Å². The normalized spacial score (nSPS) is 9.81. The molecule has 0 spiro atoms. The molecule has 16 heavy (non-hydrogen) atoms. The van der Waals surface area contributed by atoms with Crippen molar-refractivity contribution in [3.05, 3.63) is 10.4 Å². The Kier molecular flexibility index (Phi) is 11.1. The third kappa shape index (κ3) is 12.9. The van der Waals surface area contributed by atoms with E-state index in [-0.39, 0.29) is 12.4 Å². The van der Waals surface area contributed by atoms with Crippen molar-refractivity contribution in [2.24, 2.45) is 5.11 Å². The molecular weight excluding hydrogens is 214 g/mol. The number of hydrogen-bond donors (Lipinski definition) is 0.